The lowest BCUT2D eigenvalue weighted by Crippen LogP contribution is -2.40. The van der Waals surface area contributed by atoms with Crippen LogP contribution in [0.15, 0.2) is 0 Å². The SMILES string of the molecule is CC(O)C(O)(O)CCCCO. The normalized spacial score (nSPS) is 15.0. The van der Waals surface area contributed by atoms with Crippen LogP contribution in [0.2, 0.25) is 0 Å². The maximum Gasteiger partial charge on any atom is 0.189 e. The van der Waals surface area contributed by atoms with Gasteiger partial charge in [-0.15, -0.1) is 0 Å². The summed E-state index contributed by atoms with van der Waals surface area (Å²) >= 11 is 0. The lowest BCUT2D eigenvalue weighted by molar-refractivity contribution is -0.224. The average molecular weight is 164 g/mol. The zero-order valence-corrected chi connectivity index (χ0v) is 6.69. The van der Waals surface area contributed by atoms with E-state index in [9.17, 15) is 0 Å². The molecule has 1 atom stereocenters. The molecule has 0 heterocycles. The van der Waals surface area contributed by atoms with Crippen LogP contribution in [0.1, 0.15) is 26.2 Å². The molecule has 0 amide bonds. The molecular weight excluding hydrogens is 148 g/mol. The quantitative estimate of drug-likeness (QED) is 0.317. The molecule has 0 aromatic heterocycles. The Morgan fingerprint density at radius 2 is 1.82 bits per heavy atom. The van der Waals surface area contributed by atoms with Crippen molar-refractivity contribution in [3.63, 3.8) is 0 Å². The number of aliphatic hydroxyl groups is 4. The molecule has 0 saturated carbocycles. The topological polar surface area (TPSA) is 80.9 Å². The van der Waals surface area contributed by atoms with Crippen molar-refractivity contribution < 1.29 is 20.4 Å². The molecule has 4 N–H and O–H groups in total. The summed E-state index contributed by atoms with van der Waals surface area (Å²) in [5.41, 5.74) is 0. The second kappa shape index (κ2) is 4.66. The predicted molar refractivity (Wildman–Crippen MR) is 39.8 cm³/mol. The minimum absolute atomic E-state index is 0.0376. The third-order valence-electron chi connectivity index (χ3n) is 1.62. The van der Waals surface area contributed by atoms with E-state index in [1.165, 1.54) is 6.92 Å². The first kappa shape index (κ1) is 10.8. The number of aliphatic hydroxyl groups excluding tert-OH is 2. The fourth-order valence-corrected chi connectivity index (χ4v) is 0.706. The maximum absolute atomic E-state index is 9.04. The van der Waals surface area contributed by atoms with Crippen LogP contribution in [0.5, 0.6) is 0 Å². The molecule has 0 fully saturated rings. The van der Waals surface area contributed by atoms with Gasteiger partial charge in [-0.3, -0.25) is 0 Å². The van der Waals surface area contributed by atoms with E-state index in [4.69, 9.17) is 20.4 Å². The van der Waals surface area contributed by atoms with Crippen molar-refractivity contribution in [2.75, 3.05) is 6.61 Å². The predicted octanol–water partition coefficient (Wildman–Crippen LogP) is -0.789. The highest BCUT2D eigenvalue weighted by Gasteiger charge is 2.28. The summed E-state index contributed by atoms with van der Waals surface area (Å²) in [5.74, 6) is -2.00. The van der Waals surface area contributed by atoms with Crippen molar-refractivity contribution in [1.29, 1.82) is 0 Å². The van der Waals surface area contributed by atoms with Gasteiger partial charge >= 0.3 is 0 Å². The van der Waals surface area contributed by atoms with Gasteiger partial charge in [0.05, 0.1) is 0 Å². The highest BCUT2D eigenvalue weighted by atomic mass is 16.5. The first-order valence-corrected chi connectivity index (χ1v) is 3.74. The smallest absolute Gasteiger partial charge is 0.189 e. The van der Waals surface area contributed by atoms with Crippen molar-refractivity contribution in [3.8, 4) is 0 Å². The Labute approximate surface area is 66.1 Å². The van der Waals surface area contributed by atoms with E-state index in [2.05, 4.69) is 0 Å². The highest BCUT2D eigenvalue weighted by Crippen LogP contribution is 2.14. The van der Waals surface area contributed by atoms with Crippen molar-refractivity contribution in [2.24, 2.45) is 0 Å². The minimum Gasteiger partial charge on any atom is -0.396 e. The van der Waals surface area contributed by atoms with Crippen molar-refractivity contribution >= 4 is 0 Å². The summed E-state index contributed by atoms with van der Waals surface area (Å²) in [6, 6.07) is 0. The van der Waals surface area contributed by atoms with Crippen LogP contribution >= 0.6 is 0 Å². The fourth-order valence-electron chi connectivity index (χ4n) is 0.706. The molecule has 4 nitrogen and oxygen atoms in total. The molecule has 0 spiro atoms. The van der Waals surface area contributed by atoms with Crippen molar-refractivity contribution in [3.05, 3.63) is 0 Å². The molecular formula is C7H16O4. The molecule has 0 bridgehead atoms. The van der Waals surface area contributed by atoms with Crippen LogP contribution in [0.4, 0.5) is 0 Å². The lowest BCUT2D eigenvalue weighted by Gasteiger charge is -2.24. The molecule has 11 heavy (non-hydrogen) atoms. The van der Waals surface area contributed by atoms with Gasteiger partial charge in [-0.2, -0.15) is 0 Å². The first-order valence-electron chi connectivity index (χ1n) is 3.74. The van der Waals surface area contributed by atoms with Crippen LogP contribution in [0.3, 0.4) is 0 Å². The van der Waals surface area contributed by atoms with E-state index in [-0.39, 0.29) is 13.0 Å². The Morgan fingerprint density at radius 3 is 2.18 bits per heavy atom. The molecule has 0 aromatic carbocycles. The van der Waals surface area contributed by atoms with Crippen molar-refractivity contribution in [1.82, 2.24) is 0 Å². The van der Waals surface area contributed by atoms with Gasteiger partial charge in [0.1, 0.15) is 6.10 Å². The molecule has 0 aliphatic rings. The second-order valence-electron chi connectivity index (χ2n) is 2.74. The Balaban J connectivity index is 3.55. The van der Waals surface area contributed by atoms with Gasteiger partial charge in [0.15, 0.2) is 5.79 Å². The van der Waals surface area contributed by atoms with E-state index in [0.717, 1.165) is 0 Å². The number of rotatable bonds is 5. The van der Waals surface area contributed by atoms with Gasteiger partial charge in [0.25, 0.3) is 0 Å². The molecule has 68 valence electrons. The Kier molecular flexibility index (Phi) is 4.60. The Morgan fingerprint density at radius 1 is 1.27 bits per heavy atom. The molecule has 0 rings (SSSR count). The second-order valence-corrected chi connectivity index (χ2v) is 2.74. The maximum atomic E-state index is 9.04. The third-order valence-corrected chi connectivity index (χ3v) is 1.62. The van der Waals surface area contributed by atoms with Gasteiger partial charge < -0.3 is 20.4 Å². The zero-order chi connectivity index (χ0) is 8.91. The summed E-state index contributed by atoms with van der Waals surface area (Å²) < 4.78 is 0. The number of hydrogen-bond acceptors (Lipinski definition) is 4. The zero-order valence-electron chi connectivity index (χ0n) is 6.69. The monoisotopic (exact) mass is 164 g/mol. The van der Waals surface area contributed by atoms with E-state index in [0.29, 0.717) is 12.8 Å². The van der Waals surface area contributed by atoms with E-state index in [1.807, 2.05) is 0 Å². The summed E-state index contributed by atoms with van der Waals surface area (Å²) in [6.45, 7) is 1.36. The Hall–Kier alpha value is -0.160. The lowest BCUT2D eigenvalue weighted by atomic mass is 10.0. The van der Waals surface area contributed by atoms with Crippen LogP contribution in [-0.2, 0) is 0 Å². The van der Waals surface area contributed by atoms with Crippen LogP contribution in [0.25, 0.3) is 0 Å². The van der Waals surface area contributed by atoms with Gasteiger partial charge in [-0.25, -0.2) is 0 Å². The summed E-state index contributed by atoms with van der Waals surface area (Å²) in [4.78, 5) is 0. The van der Waals surface area contributed by atoms with E-state index >= 15 is 0 Å². The van der Waals surface area contributed by atoms with Crippen molar-refractivity contribution in [2.45, 2.75) is 38.1 Å². The molecule has 0 saturated heterocycles. The van der Waals surface area contributed by atoms with Crippen LogP contribution in [-0.4, -0.2) is 38.9 Å². The van der Waals surface area contributed by atoms with Crippen LogP contribution in [0, 0.1) is 0 Å². The summed E-state index contributed by atoms with van der Waals surface area (Å²) in [7, 11) is 0. The van der Waals surface area contributed by atoms with Gasteiger partial charge in [0.2, 0.25) is 0 Å². The molecule has 0 aliphatic heterocycles. The highest BCUT2D eigenvalue weighted by molar-refractivity contribution is 4.70. The molecule has 0 aliphatic carbocycles. The van der Waals surface area contributed by atoms with E-state index in [1.54, 1.807) is 0 Å². The van der Waals surface area contributed by atoms with E-state index < -0.39 is 11.9 Å². The third kappa shape index (κ3) is 4.31. The molecule has 0 aromatic rings. The van der Waals surface area contributed by atoms with Gasteiger partial charge in [-0.1, -0.05) is 0 Å². The fraction of sp³-hybridized carbons (Fsp3) is 1.00. The molecule has 0 radical (unpaired) electrons. The van der Waals surface area contributed by atoms with Gasteiger partial charge in [-0.05, 0) is 19.8 Å². The minimum atomic E-state index is -2.00. The summed E-state index contributed by atoms with van der Waals surface area (Å²) in [5, 5.41) is 35.3. The standard InChI is InChI=1S/C7H16O4/c1-6(9)7(10,11)4-2-3-5-8/h6,8-11H,2-5H2,1H3. The van der Waals surface area contributed by atoms with Gasteiger partial charge in [0, 0.05) is 13.0 Å². The molecule has 4 heteroatoms. The average Bonchev–Trinajstić information content (AvgIpc) is 1.88. The first-order chi connectivity index (χ1) is 5.00. The molecule has 1 unspecified atom stereocenters. The summed E-state index contributed by atoms with van der Waals surface area (Å²) in [6.07, 6.45) is -0.0453. The Bertz CT molecular complexity index is 101. The largest absolute Gasteiger partial charge is 0.396 e. The van der Waals surface area contributed by atoms with Crippen LogP contribution < -0.4 is 0 Å². The number of unbranched alkanes of at least 4 members (excludes halogenated alkanes) is 1. The number of hydrogen-bond donors (Lipinski definition) is 4.